The standard InChI is InChI=1S/C14H28O2Si/c1-7-8-12-9-10-13(11-15-12)16-17(5,6)14(2,3)4/h7,12-13H,1,8-11H2,2-6H3/t12-,13-/m0/s1. The van der Waals surface area contributed by atoms with E-state index in [1.807, 2.05) is 6.08 Å². The second kappa shape index (κ2) is 5.68. The topological polar surface area (TPSA) is 18.5 Å². The predicted molar refractivity (Wildman–Crippen MR) is 75.9 cm³/mol. The third kappa shape index (κ3) is 4.23. The first-order valence-corrected chi connectivity index (χ1v) is 9.57. The first kappa shape index (κ1) is 14.9. The highest BCUT2D eigenvalue weighted by Gasteiger charge is 2.39. The van der Waals surface area contributed by atoms with Crippen LogP contribution in [0.5, 0.6) is 0 Å². The number of hydrogen-bond donors (Lipinski definition) is 0. The highest BCUT2D eigenvalue weighted by atomic mass is 28.4. The van der Waals surface area contributed by atoms with Gasteiger partial charge in [-0.3, -0.25) is 0 Å². The van der Waals surface area contributed by atoms with E-state index in [-0.39, 0.29) is 5.04 Å². The fraction of sp³-hybridized carbons (Fsp3) is 0.857. The van der Waals surface area contributed by atoms with Gasteiger partial charge in [0.15, 0.2) is 8.32 Å². The van der Waals surface area contributed by atoms with Crippen molar-refractivity contribution in [2.75, 3.05) is 6.61 Å². The lowest BCUT2D eigenvalue weighted by molar-refractivity contribution is -0.0484. The van der Waals surface area contributed by atoms with Crippen molar-refractivity contribution < 1.29 is 9.16 Å². The van der Waals surface area contributed by atoms with Crippen LogP contribution in [0, 0.1) is 0 Å². The molecular weight excluding hydrogens is 228 g/mol. The number of hydrogen-bond acceptors (Lipinski definition) is 2. The molecule has 17 heavy (non-hydrogen) atoms. The van der Waals surface area contributed by atoms with Gasteiger partial charge in [0.2, 0.25) is 0 Å². The van der Waals surface area contributed by atoms with Gasteiger partial charge in [0.1, 0.15) is 0 Å². The van der Waals surface area contributed by atoms with Gasteiger partial charge in [-0.2, -0.15) is 0 Å². The summed E-state index contributed by atoms with van der Waals surface area (Å²) in [6, 6.07) is 0. The molecule has 3 heteroatoms. The summed E-state index contributed by atoms with van der Waals surface area (Å²) in [6.45, 7) is 16.0. The van der Waals surface area contributed by atoms with Gasteiger partial charge in [-0.1, -0.05) is 26.8 Å². The van der Waals surface area contributed by atoms with E-state index in [0.717, 1.165) is 25.9 Å². The lowest BCUT2D eigenvalue weighted by atomic mass is 10.1. The Labute approximate surface area is 108 Å². The highest BCUT2D eigenvalue weighted by molar-refractivity contribution is 6.74. The van der Waals surface area contributed by atoms with Crippen LogP contribution < -0.4 is 0 Å². The maximum Gasteiger partial charge on any atom is 0.192 e. The fourth-order valence-electron chi connectivity index (χ4n) is 1.84. The largest absolute Gasteiger partial charge is 0.412 e. The first-order valence-electron chi connectivity index (χ1n) is 6.66. The van der Waals surface area contributed by atoms with Crippen LogP contribution in [-0.2, 0) is 9.16 Å². The molecule has 0 amide bonds. The van der Waals surface area contributed by atoms with E-state index in [4.69, 9.17) is 9.16 Å². The Morgan fingerprint density at radius 3 is 2.41 bits per heavy atom. The molecule has 0 N–H and O–H groups in total. The molecule has 0 aromatic heterocycles. The van der Waals surface area contributed by atoms with E-state index < -0.39 is 8.32 Å². The zero-order valence-electron chi connectivity index (χ0n) is 12.1. The van der Waals surface area contributed by atoms with E-state index in [1.54, 1.807) is 0 Å². The minimum Gasteiger partial charge on any atom is -0.412 e. The van der Waals surface area contributed by atoms with Gasteiger partial charge in [-0.25, -0.2) is 0 Å². The maximum absolute atomic E-state index is 6.36. The van der Waals surface area contributed by atoms with Gasteiger partial charge in [0, 0.05) is 0 Å². The Morgan fingerprint density at radius 2 is 2.00 bits per heavy atom. The lowest BCUT2D eigenvalue weighted by Gasteiger charge is -2.41. The summed E-state index contributed by atoms with van der Waals surface area (Å²) in [5.41, 5.74) is 0. The SMILES string of the molecule is C=CC[C@H]1CC[C@H](O[Si](C)(C)C(C)(C)C)CO1. The summed E-state index contributed by atoms with van der Waals surface area (Å²) < 4.78 is 12.2. The molecular formula is C14H28O2Si. The van der Waals surface area contributed by atoms with Crippen LogP contribution in [0.3, 0.4) is 0 Å². The smallest absolute Gasteiger partial charge is 0.192 e. The second-order valence-corrected chi connectivity index (χ2v) is 11.3. The quantitative estimate of drug-likeness (QED) is 0.556. The molecule has 0 spiro atoms. The van der Waals surface area contributed by atoms with Crippen molar-refractivity contribution in [2.45, 2.75) is 70.4 Å². The molecule has 1 saturated heterocycles. The van der Waals surface area contributed by atoms with Gasteiger partial charge in [-0.05, 0) is 37.4 Å². The molecule has 1 aliphatic rings. The molecule has 1 aliphatic heterocycles. The van der Waals surface area contributed by atoms with E-state index in [0.29, 0.717) is 12.2 Å². The molecule has 1 heterocycles. The van der Waals surface area contributed by atoms with Crippen LogP contribution in [-0.4, -0.2) is 27.1 Å². The highest BCUT2D eigenvalue weighted by Crippen LogP contribution is 2.38. The lowest BCUT2D eigenvalue weighted by Crippen LogP contribution is -2.46. The number of ether oxygens (including phenoxy) is 1. The minimum atomic E-state index is -1.63. The first-order chi connectivity index (χ1) is 7.76. The van der Waals surface area contributed by atoms with E-state index in [2.05, 4.69) is 40.4 Å². The Bertz CT molecular complexity index is 247. The van der Waals surface area contributed by atoms with Crippen molar-refractivity contribution in [1.29, 1.82) is 0 Å². The summed E-state index contributed by atoms with van der Waals surface area (Å²) in [7, 11) is -1.63. The summed E-state index contributed by atoms with van der Waals surface area (Å²) in [4.78, 5) is 0. The molecule has 0 unspecified atom stereocenters. The minimum absolute atomic E-state index is 0.283. The summed E-state index contributed by atoms with van der Waals surface area (Å²) in [6.07, 6.45) is 5.81. The van der Waals surface area contributed by atoms with Gasteiger partial charge in [-0.15, -0.1) is 6.58 Å². The Morgan fingerprint density at radius 1 is 1.35 bits per heavy atom. The van der Waals surface area contributed by atoms with Gasteiger partial charge in [0.25, 0.3) is 0 Å². The van der Waals surface area contributed by atoms with Crippen molar-refractivity contribution in [1.82, 2.24) is 0 Å². The van der Waals surface area contributed by atoms with Crippen molar-refractivity contribution in [3.63, 3.8) is 0 Å². The van der Waals surface area contributed by atoms with Crippen LogP contribution in [0.2, 0.25) is 18.1 Å². The Kier molecular flexibility index (Phi) is 4.99. The van der Waals surface area contributed by atoms with Gasteiger partial charge in [0.05, 0.1) is 18.8 Å². The summed E-state index contributed by atoms with van der Waals surface area (Å²) >= 11 is 0. The molecule has 100 valence electrons. The van der Waals surface area contributed by atoms with Crippen LogP contribution in [0.1, 0.15) is 40.0 Å². The summed E-state index contributed by atoms with van der Waals surface area (Å²) in [5, 5.41) is 0.283. The van der Waals surface area contributed by atoms with Crippen molar-refractivity contribution in [3.8, 4) is 0 Å². The van der Waals surface area contributed by atoms with E-state index in [9.17, 15) is 0 Å². The van der Waals surface area contributed by atoms with Crippen molar-refractivity contribution in [2.24, 2.45) is 0 Å². The number of rotatable bonds is 4. The van der Waals surface area contributed by atoms with E-state index >= 15 is 0 Å². The Balaban J connectivity index is 2.43. The average Bonchev–Trinajstić information content (AvgIpc) is 2.19. The molecule has 0 saturated carbocycles. The third-order valence-corrected chi connectivity index (χ3v) is 8.56. The molecule has 2 nitrogen and oxygen atoms in total. The predicted octanol–water partition coefficient (Wildman–Crippen LogP) is 4.13. The molecule has 0 aromatic carbocycles. The van der Waals surface area contributed by atoms with Crippen LogP contribution in [0.15, 0.2) is 12.7 Å². The maximum atomic E-state index is 6.36. The van der Waals surface area contributed by atoms with E-state index in [1.165, 1.54) is 0 Å². The van der Waals surface area contributed by atoms with Crippen molar-refractivity contribution >= 4 is 8.32 Å². The second-order valence-electron chi connectivity index (χ2n) is 6.56. The summed E-state index contributed by atoms with van der Waals surface area (Å²) in [5.74, 6) is 0. The molecule has 0 bridgehead atoms. The Hall–Kier alpha value is -0.123. The third-order valence-electron chi connectivity index (χ3n) is 4.03. The van der Waals surface area contributed by atoms with Crippen LogP contribution >= 0.6 is 0 Å². The molecule has 0 radical (unpaired) electrons. The van der Waals surface area contributed by atoms with Crippen LogP contribution in [0.4, 0.5) is 0 Å². The average molecular weight is 256 g/mol. The molecule has 1 fully saturated rings. The normalized spacial score (nSPS) is 26.9. The molecule has 1 rings (SSSR count). The van der Waals surface area contributed by atoms with Gasteiger partial charge < -0.3 is 9.16 Å². The molecule has 0 aliphatic carbocycles. The molecule has 0 aromatic rings. The monoisotopic (exact) mass is 256 g/mol. The van der Waals surface area contributed by atoms with Gasteiger partial charge >= 0.3 is 0 Å². The molecule has 2 atom stereocenters. The fourth-order valence-corrected chi connectivity index (χ4v) is 3.21. The zero-order valence-corrected chi connectivity index (χ0v) is 13.1. The van der Waals surface area contributed by atoms with Crippen molar-refractivity contribution in [3.05, 3.63) is 12.7 Å². The van der Waals surface area contributed by atoms with Crippen LogP contribution in [0.25, 0.3) is 0 Å². The zero-order chi connectivity index (χ0) is 13.1.